The van der Waals surface area contributed by atoms with Gasteiger partial charge in [0.25, 0.3) is 0 Å². The fraction of sp³-hybridized carbons (Fsp3) is 1.00. The first kappa shape index (κ1) is 5.35. The molecule has 0 aromatic heterocycles. The molecule has 0 bridgehead atoms. The highest BCUT2D eigenvalue weighted by molar-refractivity contribution is 7.54. The third-order valence-electron chi connectivity index (χ3n) is 1.28. The fourth-order valence-electron chi connectivity index (χ4n) is 0.761. The van der Waals surface area contributed by atoms with Crippen LogP contribution in [0.25, 0.3) is 0 Å². The molecule has 1 rings (SSSR count). The van der Waals surface area contributed by atoms with Crippen LogP contribution in [0.3, 0.4) is 0 Å². The summed E-state index contributed by atoms with van der Waals surface area (Å²) in [6.45, 7) is -9.19. The van der Waals surface area contributed by atoms with Crippen LogP contribution in [0.2, 0.25) is 0 Å². The zero-order valence-corrected chi connectivity index (χ0v) is 9.49. The van der Waals surface area contributed by atoms with Crippen molar-refractivity contribution < 1.29 is 20.1 Å². The van der Waals surface area contributed by atoms with Crippen LogP contribution in [0, 0.1) is 0 Å². The van der Waals surface area contributed by atoms with Crippen molar-refractivity contribution in [3.63, 3.8) is 0 Å². The van der Waals surface area contributed by atoms with E-state index >= 15 is 0 Å². The van der Waals surface area contributed by atoms with Crippen LogP contribution < -0.4 is 5.09 Å². The molecule has 4 nitrogen and oxygen atoms in total. The van der Waals surface area contributed by atoms with E-state index in [0.29, 0.717) is 0 Å². The van der Waals surface area contributed by atoms with Crippen molar-refractivity contribution in [2.75, 3.05) is 37.9 Å². The van der Waals surface area contributed by atoms with Gasteiger partial charge in [-0.05, 0) is 6.37 Å². The zero-order valence-electron chi connectivity index (χ0n) is 15.1. The highest BCUT2D eigenvalue weighted by Gasteiger charge is 2.32. The van der Waals surface area contributed by atoms with Crippen LogP contribution in [0.15, 0.2) is 0 Å². The molecule has 1 saturated heterocycles. The Labute approximate surface area is 106 Å². The number of nitrogens with one attached hydrogen (secondary N) is 1. The van der Waals surface area contributed by atoms with Crippen molar-refractivity contribution in [1.29, 1.82) is 0 Å². The molecule has 1 unspecified atom stereocenters. The lowest BCUT2D eigenvalue weighted by molar-refractivity contribution is 0.233. The van der Waals surface area contributed by atoms with E-state index < -0.39 is 51.9 Å². The first-order chi connectivity index (χ1) is 9.65. The third kappa shape index (κ3) is 3.37. The Morgan fingerprint density at radius 1 is 1.57 bits per heavy atom. The third-order valence-corrected chi connectivity index (χ3v) is 3.20. The van der Waals surface area contributed by atoms with Gasteiger partial charge in [-0.2, -0.15) is 0 Å². The molecular formula is C7H15Cl2N2O2P. The maximum atomic E-state index is 12.8. The van der Waals surface area contributed by atoms with Gasteiger partial charge < -0.3 is 4.52 Å². The van der Waals surface area contributed by atoms with Crippen LogP contribution in [-0.2, 0) is 9.09 Å². The molecule has 0 amide bonds. The minimum atomic E-state index is -4.65. The lowest BCUT2D eigenvalue weighted by Gasteiger charge is -2.33. The van der Waals surface area contributed by atoms with Crippen molar-refractivity contribution in [1.82, 2.24) is 9.76 Å². The topological polar surface area (TPSA) is 41.6 Å². The predicted molar refractivity (Wildman–Crippen MR) is 59.2 cm³/mol. The number of alkyl halides is 2. The Morgan fingerprint density at radius 3 is 2.71 bits per heavy atom. The van der Waals surface area contributed by atoms with Crippen LogP contribution in [0.4, 0.5) is 0 Å². The van der Waals surface area contributed by atoms with Crippen LogP contribution in [0.1, 0.15) is 17.3 Å². The molecule has 0 aromatic carbocycles. The van der Waals surface area contributed by atoms with Crippen LogP contribution in [0.5, 0.6) is 0 Å². The van der Waals surface area contributed by atoms with Crippen molar-refractivity contribution in [3.05, 3.63) is 0 Å². The molecule has 1 aliphatic rings. The van der Waals surface area contributed by atoms with Gasteiger partial charge in [0, 0.05) is 42.2 Å². The van der Waals surface area contributed by atoms with Gasteiger partial charge in [-0.25, -0.2) is 9.76 Å². The van der Waals surface area contributed by atoms with E-state index in [4.69, 9.17) is 38.7 Å². The molecule has 1 fully saturated rings. The van der Waals surface area contributed by atoms with E-state index in [-0.39, 0.29) is 4.67 Å². The Bertz CT molecular complexity index is 463. The first-order valence-corrected chi connectivity index (χ1v) is 6.27. The largest absolute Gasteiger partial charge is 0.343 e. The van der Waals surface area contributed by atoms with E-state index in [1.54, 1.807) is 5.09 Å². The standard InChI is InChI=1S/C7H15Cl2N2O2P/c8-2-5-11(6-3-9)14(12)10-4-1-7-13-14/h1-7H2,(H,10,12)/i1D2,4D2,5D2,6D2. The van der Waals surface area contributed by atoms with Gasteiger partial charge in [-0.3, -0.25) is 4.57 Å². The van der Waals surface area contributed by atoms with Gasteiger partial charge in [0.15, 0.2) is 0 Å². The molecule has 84 valence electrons. The summed E-state index contributed by atoms with van der Waals surface area (Å²) in [7, 11) is -4.65. The van der Waals surface area contributed by atoms with E-state index in [9.17, 15) is 4.57 Å². The van der Waals surface area contributed by atoms with Gasteiger partial charge in [0.05, 0.1) is 6.61 Å². The average Bonchev–Trinajstić information content (AvgIpc) is 2.34. The second-order valence-corrected chi connectivity index (χ2v) is 4.56. The van der Waals surface area contributed by atoms with Crippen molar-refractivity contribution in [2.24, 2.45) is 0 Å². The lowest BCUT2D eigenvalue weighted by atomic mass is 10.5. The van der Waals surface area contributed by atoms with Gasteiger partial charge in [-0.1, -0.05) is 0 Å². The normalized spacial score (nSPS) is 45.9. The smallest absolute Gasteiger partial charge is 0.306 e. The Balaban J connectivity index is 3.35. The summed E-state index contributed by atoms with van der Waals surface area (Å²) in [5, 5.41) is 1.76. The molecule has 1 heterocycles. The summed E-state index contributed by atoms with van der Waals surface area (Å²) < 4.78 is 78.8. The average molecular weight is 269 g/mol. The number of hydrogen-bond donors (Lipinski definition) is 1. The molecule has 1 N–H and O–H groups in total. The monoisotopic (exact) mass is 268 g/mol. The van der Waals surface area contributed by atoms with Gasteiger partial charge in [0.2, 0.25) is 0 Å². The molecule has 0 aliphatic carbocycles. The minimum Gasteiger partial charge on any atom is -0.306 e. The molecule has 0 radical (unpaired) electrons. The van der Waals surface area contributed by atoms with E-state index in [1.807, 2.05) is 0 Å². The molecule has 1 atom stereocenters. The van der Waals surface area contributed by atoms with Crippen LogP contribution >= 0.6 is 30.9 Å². The highest BCUT2D eigenvalue weighted by atomic mass is 35.5. The summed E-state index contributed by atoms with van der Waals surface area (Å²) in [5.74, 6) is -1.59. The molecule has 0 saturated carbocycles. The predicted octanol–water partition coefficient (Wildman–Crippen LogP) is 1.88. The number of nitrogens with zero attached hydrogens (tertiary/aromatic N) is 1. The molecule has 0 spiro atoms. The number of hydrogen-bond acceptors (Lipinski definition) is 2. The SMILES string of the molecule is [2H]C([2H])(CCl)N(C([2H])([2H])CCl)P1(=O)NC([2H])([2H])C([2H])([2H])CO1. The fourth-order valence-corrected chi connectivity index (χ4v) is 2.42. The molecule has 14 heavy (non-hydrogen) atoms. The maximum Gasteiger partial charge on any atom is 0.343 e. The maximum absolute atomic E-state index is 12.8. The summed E-state index contributed by atoms with van der Waals surface area (Å²) in [4.78, 5) is 0. The van der Waals surface area contributed by atoms with Gasteiger partial charge in [0.1, 0.15) is 0 Å². The van der Waals surface area contributed by atoms with E-state index in [2.05, 4.69) is 0 Å². The summed E-state index contributed by atoms with van der Waals surface area (Å²) in [5.41, 5.74) is 0. The summed E-state index contributed by atoms with van der Waals surface area (Å²) in [6.07, 6.45) is -2.55. The van der Waals surface area contributed by atoms with E-state index in [0.717, 1.165) is 0 Å². The van der Waals surface area contributed by atoms with Crippen molar-refractivity contribution in [2.45, 2.75) is 6.37 Å². The van der Waals surface area contributed by atoms with E-state index in [1.165, 1.54) is 0 Å². The van der Waals surface area contributed by atoms with Crippen molar-refractivity contribution >= 4 is 30.9 Å². The molecule has 0 aromatic rings. The highest BCUT2D eigenvalue weighted by Crippen LogP contribution is 2.47. The van der Waals surface area contributed by atoms with Gasteiger partial charge >= 0.3 is 7.67 Å². The zero-order chi connectivity index (χ0) is 17.6. The molecule has 1 aliphatic heterocycles. The summed E-state index contributed by atoms with van der Waals surface area (Å²) >= 11 is 10.9. The Morgan fingerprint density at radius 2 is 2.21 bits per heavy atom. The second-order valence-electron chi connectivity index (χ2n) is 2.10. The second kappa shape index (κ2) is 6.31. The van der Waals surface area contributed by atoms with Crippen molar-refractivity contribution in [3.8, 4) is 0 Å². The lowest BCUT2D eigenvalue weighted by Crippen LogP contribution is -2.35. The quantitative estimate of drug-likeness (QED) is 0.611. The number of halogens is 2. The number of rotatable bonds is 5. The Hall–Kier alpha value is 0.690. The molecular weight excluding hydrogens is 246 g/mol. The first-order valence-electron chi connectivity index (χ1n) is 7.62. The van der Waals surface area contributed by atoms with Gasteiger partial charge in [-0.15, -0.1) is 23.2 Å². The molecule has 7 heteroatoms. The van der Waals surface area contributed by atoms with Crippen LogP contribution in [-0.4, -0.2) is 42.5 Å². The Kier molecular flexibility index (Phi) is 2.41. The summed E-state index contributed by atoms with van der Waals surface area (Å²) in [6, 6.07) is 0. The minimum absolute atomic E-state index is 0.111.